The van der Waals surface area contributed by atoms with Gasteiger partial charge in [-0.1, -0.05) is 6.92 Å². The van der Waals surface area contributed by atoms with Crippen molar-refractivity contribution in [1.29, 1.82) is 0 Å². The molecule has 9 heteroatoms. The van der Waals surface area contributed by atoms with Crippen LogP contribution in [0, 0.1) is 5.92 Å². The van der Waals surface area contributed by atoms with Gasteiger partial charge in [0.2, 0.25) is 11.8 Å². The Balaban J connectivity index is 2.65. The van der Waals surface area contributed by atoms with E-state index >= 15 is 0 Å². The Morgan fingerprint density at radius 2 is 2.00 bits per heavy atom. The molecule has 20 heavy (non-hydrogen) atoms. The van der Waals surface area contributed by atoms with Gasteiger partial charge >= 0.3 is 10.3 Å². The van der Waals surface area contributed by atoms with Crippen LogP contribution in [0.2, 0.25) is 0 Å². The monoisotopic (exact) mass is 306 g/mol. The lowest BCUT2D eigenvalue weighted by Crippen LogP contribution is -2.41. The Morgan fingerprint density at radius 1 is 1.40 bits per heavy atom. The molecule has 0 aliphatic carbocycles. The molecule has 1 fully saturated rings. The second-order valence-corrected chi connectivity index (χ2v) is 6.23. The summed E-state index contributed by atoms with van der Waals surface area (Å²) < 4.78 is 32.0. The van der Waals surface area contributed by atoms with Gasteiger partial charge in [-0.05, 0) is 6.92 Å². The Kier molecular flexibility index (Phi) is 5.37. The molecule has 0 aromatic heterocycles. The van der Waals surface area contributed by atoms with Crippen molar-refractivity contribution in [2.45, 2.75) is 26.7 Å². The zero-order valence-electron chi connectivity index (χ0n) is 11.4. The molecule has 1 aliphatic heterocycles. The number of hydrogen-bond acceptors (Lipinski definition) is 5. The first-order chi connectivity index (χ1) is 9.12. The first-order valence-electron chi connectivity index (χ1n) is 6.19. The Hall–Kier alpha value is -1.32. The fourth-order valence-corrected chi connectivity index (χ4v) is 2.55. The van der Waals surface area contributed by atoms with Crippen LogP contribution >= 0.6 is 0 Å². The molecule has 1 atom stereocenters. The van der Waals surface area contributed by atoms with Crippen LogP contribution in [0.1, 0.15) is 26.7 Å². The maximum Gasteiger partial charge on any atom is 0.335 e. The van der Waals surface area contributed by atoms with E-state index in [1.807, 2.05) is 0 Å². The highest BCUT2D eigenvalue weighted by Gasteiger charge is 2.35. The van der Waals surface area contributed by atoms with Crippen molar-refractivity contribution in [3.05, 3.63) is 0 Å². The molecule has 0 aromatic rings. The molecular weight excluding hydrogens is 288 g/mol. The summed E-state index contributed by atoms with van der Waals surface area (Å²) in [6, 6.07) is 0. The number of likely N-dealkylation sites (tertiary alicyclic amines) is 1. The zero-order valence-corrected chi connectivity index (χ0v) is 12.2. The normalized spacial score (nSPS) is 20.0. The molecule has 1 rings (SSSR count). The predicted octanol–water partition coefficient (Wildman–Crippen LogP) is -0.535. The topological polar surface area (TPSA) is 112 Å². The third kappa shape index (κ3) is 4.36. The van der Waals surface area contributed by atoms with Gasteiger partial charge in [0, 0.05) is 38.4 Å². The van der Waals surface area contributed by atoms with Gasteiger partial charge in [-0.15, -0.1) is 0 Å². The maximum absolute atomic E-state index is 11.7. The quantitative estimate of drug-likeness (QED) is 0.499. The lowest BCUT2D eigenvalue weighted by molar-refractivity contribution is -0.139. The summed E-state index contributed by atoms with van der Waals surface area (Å²) in [5.74, 6) is -1.33. The van der Waals surface area contributed by atoms with E-state index in [9.17, 15) is 22.8 Å². The van der Waals surface area contributed by atoms with Gasteiger partial charge in [0.05, 0.1) is 0 Å². The third-order valence-electron chi connectivity index (χ3n) is 3.08. The number of hydrogen-bond donors (Lipinski definition) is 1. The molecule has 0 radical (unpaired) electrons. The molecule has 0 saturated carbocycles. The van der Waals surface area contributed by atoms with Crippen LogP contribution in [0.3, 0.4) is 0 Å². The minimum Gasteiger partial charge on any atom is -0.300 e. The maximum atomic E-state index is 11.7. The minimum absolute atomic E-state index is 0.0436. The van der Waals surface area contributed by atoms with Gasteiger partial charge in [0.1, 0.15) is 5.78 Å². The van der Waals surface area contributed by atoms with Crippen LogP contribution in [-0.4, -0.2) is 59.4 Å². The largest absolute Gasteiger partial charge is 0.335 e. The number of ketones is 1. The second-order valence-electron chi connectivity index (χ2n) is 4.82. The molecular formula is C11H18N2O6S. The van der Waals surface area contributed by atoms with Crippen LogP contribution in [0.4, 0.5) is 0 Å². The average Bonchev–Trinajstić information content (AvgIpc) is 2.52. The molecule has 0 aromatic carbocycles. The molecule has 0 spiro atoms. The number of carbonyl (C=O) groups excluding carboxylic acids is 3. The molecule has 8 nitrogen and oxygen atoms in total. The van der Waals surface area contributed by atoms with Crippen LogP contribution in [-0.2, 0) is 24.7 Å². The standard InChI is InChI=1S/C11H18N2O6S/c1-8-7-10(15)13(11(8)16)6-5-12(20(17,18)19)4-3-9(2)14/h8H,3-7H2,1-2H3,(H,17,18,19). The number of rotatable bonds is 7. The summed E-state index contributed by atoms with van der Waals surface area (Å²) in [4.78, 5) is 35.1. The number of Topliss-reactive ketones (excluding diaryl/α,β-unsaturated/α-hetero) is 1. The van der Waals surface area contributed by atoms with Crippen molar-refractivity contribution in [1.82, 2.24) is 9.21 Å². The fourth-order valence-electron chi connectivity index (χ4n) is 1.92. The molecule has 1 heterocycles. The summed E-state index contributed by atoms with van der Waals surface area (Å²) >= 11 is 0. The van der Waals surface area contributed by atoms with Crippen LogP contribution in [0.15, 0.2) is 0 Å². The van der Waals surface area contributed by atoms with Crippen molar-refractivity contribution in [3.8, 4) is 0 Å². The van der Waals surface area contributed by atoms with E-state index in [0.717, 1.165) is 4.90 Å². The van der Waals surface area contributed by atoms with Gasteiger partial charge in [0.25, 0.3) is 0 Å². The highest BCUT2D eigenvalue weighted by molar-refractivity contribution is 7.83. The second kappa shape index (κ2) is 6.42. The van der Waals surface area contributed by atoms with Crippen molar-refractivity contribution in [2.75, 3.05) is 19.6 Å². The molecule has 0 bridgehead atoms. The third-order valence-corrected chi connectivity index (χ3v) is 4.10. The number of carbonyl (C=O) groups is 3. The van der Waals surface area contributed by atoms with E-state index in [1.54, 1.807) is 6.92 Å². The summed E-state index contributed by atoms with van der Waals surface area (Å²) in [5, 5.41) is 0. The lowest BCUT2D eigenvalue weighted by Gasteiger charge is -2.21. The van der Waals surface area contributed by atoms with Gasteiger partial charge in [-0.2, -0.15) is 12.7 Å². The van der Waals surface area contributed by atoms with Crippen molar-refractivity contribution in [3.63, 3.8) is 0 Å². The van der Waals surface area contributed by atoms with E-state index in [1.165, 1.54) is 6.92 Å². The minimum atomic E-state index is -4.47. The Bertz CT molecular complexity index is 515. The lowest BCUT2D eigenvalue weighted by atomic mass is 10.1. The molecule has 1 unspecified atom stereocenters. The van der Waals surface area contributed by atoms with Crippen LogP contribution in [0.5, 0.6) is 0 Å². The van der Waals surface area contributed by atoms with Gasteiger partial charge in [-0.25, -0.2) is 0 Å². The highest BCUT2D eigenvalue weighted by Crippen LogP contribution is 2.18. The van der Waals surface area contributed by atoms with Crippen molar-refractivity contribution in [2.24, 2.45) is 5.92 Å². The van der Waals surface area contributed by atoms with E-state index in [-0.39, 0.29) is 50.1 Å². The number of amides is 2. The van der Waals surface area contributed by atoms with Gasteiger partial charge in [-0.3, -0.25) is 23.8 Å². The first kappa shape index (κ1) is 16.7. The fraction of sp³-hybridized carbons (Fsp3) is 0.727. The number of imide groups is 1. The molecule has 1 saturated heterocycles. The summed E-state index contributed by atoms with van der Waals surface area (Å²) in [7, 11) is -4.47. The van der Waals surface area contributed by atoms with Crippen molar-refractivity contribution < 1.29 is 27.4 Å². The summed E-state index contributed by atoms with van der Waals surface area (Å²) in [5.41, 5.74) is 0. The highest BCUT2D eigenvalue weighted by atomic mass is 32.2. The SMILES string of the molecule is CC(=O)CCN(CCN1C(=O)CC(C)C1=O)S(=O)(=O)O. The van der Waals surface area contributed by atoms with Crippen molar-refractivity contribution >= 4 is 27.9 Å². The van der Waals surface area contributed by atoms with E-state index < -0.39 is 16.2 Å². The smallest absolute Gasteiger partial charge is 0.300 e. The van der Waals surface area contributed by atoms with Crippen LogP contribution < -0.4 is 0 Å². The summed E-state index contributed by atoms with van der Waals surface area (Å²) in [6.07, 6.45) is 0.0657. The Morgan fingerprint density at radius 3 is 2.40 bits per heavy atom. The Labute approximate surface area is 117 Å². The van der Waals surface area contributed by atoms with Gasteiger partial charge < -0.3 is 0 Å². The van der Waals surface area contributed by atoms with Gasteiger partial charge in [0.15, 0.2) is 0 Å². The zero-order chi connectivity index (χ0) is 15.5. The molecule has 1 aliphatic rings. The predicted molar refractivity (Wildman–Crippen MR) is 68.9 cm³/mol. The molecule has 1 N–H and O–H groups in total. The molecule has 114 valence electrons. The number of nitrogens with zero attached hydrogens (tertiary/aromatic N) is 2. The molecule has 2 amide bonds. The van der Waals surface area contributed by atoms with E-state index in [4.69, 9.17) is 4.55 Å². The van der Waals surface area contributed by atoms with Crippen LogP contribution in [0.25, 0.3) is 0 Å². The van der Waals surface area contributed by atoms with E-state index in [0.29, 0.717) is 4.31 Å². The first-order valence-corrected chi connectivity index (χ1v) is 7.59. The average molecular weight is 306 g/mol. The summed E-state index contributed by atoms with van der Waals surface area (Å²) in [6.45, 7) is 2.39. The van der Waals surface area contributed by atoms with E-state index in [2.05, 4.69) is 0 Å².